The first-order valence-corrected chi connectivity index (χ1v) is 7.30. The summed E-state index contributed by atoms with van der Waals surface area (Å²) in [6, 6.07) is 9.16. The molecule has 1 N–H and O–H groups in total. The molecule has 4 nitrogen and oxygen atoms in total. The number of aromatic hydroxyl groups is 1. The van der Waals surface area contributed by atoms with Crippen molar-refractivity contribution in [2.24, 2.45) is 0 Å². The van der Waals surface area contributed by atoms with Gasteiger partial charge in [0, 0.05) is 17.2 Å². The number of aryl methyl sites for hydroxylation is 1. The molecule has 0 saturated carbocycles. The second kappa shape index (κ2) is 5.25. The molecule has 0 saturated heterocycles. The van der Waals surface area contributed by atoms with Crippen molar-refractivity contribution in [1.82, 2.24) is 14.5 Å². The van der Waals surface area contributed by atoms with Crippen molar-refractivity contribution in [3.8, 4) is 17.1 Å². The number of aromatic nitrogens is 3. The number of fused-ring (bicyclic) bond motifs is 1. The molecule has 0 aliphatic rings. The van der Waals surface area contributed by atoms with E-state index in [9.17, 15) is 5.11 Å². The number of imidazole rings is 1. The van der Waals surface area contributed by atoms with Crippen LogP contribution in [0.4, 0.5) is 0 Å². The van der Waals surface area contributed by atoms with E-state index in [2.05, 4.69) is 37.4 Å². The highest BCUT2D eigenvalue weighted by atomic mass is 79.9. The molecule has 3 rings (SSSR count). The molecule has 0 bridgehead atoms. The molecule has 1 aromatic carbocycles. The van der Waals surface area contributed by atoms with Gasteiger partial charge in [-0.1, -0.05) is 22.9 Å². The van der Waals surface area contributed by atoms with Crippen molar-refractivity contribution in [1.29, 1.82) is 0 Å². The van der Waals surface area contributed by atoms with Crippen LogP contribution >= 0.6 is 15.9 Å². The average Bonchev–Trinajstić information content (AvgIpc) is 2.81. The zero-order valence-corrected chi connectivity index (χ0v) is 12.6. The van der Waals surface area contributed by atoms with Crippen LogP contribution in [-0.2, 0) is 6.54 Å². The van der Waals surface area contributed by atoms with E-state index < -0.39 is 0 Å². The molecule has 5 heteroatoms. The summed E-state index contributed by atoms with van der Waals surface area (Å²) in [5.74, 6) is 0.972. The molecule has 3 aromatic rings. The van der Waals surface area contributed by atoms with Crippen molar-refractivity contribution in [2.75, 3.05) is 0 Å². The Labute approximate surface area is 125 Å². The van der Waals surface area contributed by atoms with E-state index in [0.717, 1.165) is 34.4 Å². The Balaban J connectivity index is 2.29. The topological polar surface area (TPSA) is 50.9 Å². The first-order chi connectivity index (χ1) is 9.70. The van der Waals surface area contributed by atoms with Gasteiger partial charge < -0.3 is 9.67 Å². The van der Waals surface area contributed by atoms with Gasteiger partial charge in [-0.3, -0.25) is 0 Å². The second-order valence-electron chi connectivity index (χ2n) is 4.59. The van der Waals surface area contributed by atoms with Crippen molar-refractivity contribution in [3.05, 3.63) is 41.0 Å². The van der Waals surface area contributed by atoms with Gasteiger partial charge in [0.2, 0.25) is 0 Å². The number of benzene rings is 1. The molecule has 2 aromatic heterocycles. The number of nitrogens with zero attached hydrogens (tertiary/aromatic N) is 3. The van der Waals surface area contributed by atoms with Crippen LogP contribution in [0.3, 0.4) is 0 Å². The quantitative estimate of drug-likeness (QED) is 0.789. The van der Waals surface area contributed by atoms with E-state index in [1.165, 1.54) is 0 Å². The Bertz CT molecular complexity index is 767. The molecule has 0 unspecified atom stereocenters. The molecule has 0 amide bonds. The number of phenols is 1. The minimum absolute atomic E-state index is 0.223. The Morgan fingerprint density at radius 1 is 1.30 bits per heavy atom. The monoisotopic (exact) mass is 331 g/mol. The van der Waals surface area contributed by atoms with Gasteiger partial charge in [-0.2, -0.15) is 0 Å². The van der Waals surface area contributed by atoms with E-state index in [4.69, 9.17) is 0 Å². The highest BCUT2D eigenvalue weighted by Crippen LogP contribution is 2.33. The molecule has 0 radical (unpaired) electrons. The SMILES string of the molecule is CCCn1c(-c2cc(Br)ccc2O)nc2cccnc21. The fourth-order valence-electron chi connectivity index (χ4n) is 2.29. The largest absolute Gasteiger partial charge is 0.507 e. The number of hydrogen-bond donors (Lipinski definition) is 1. The Morgan fingerprint density at radius 2 is 2.15 bits per heavy atom. The fraction of sp³-hybridized carbons (Fsp3) is 0.200. The van der Waals surface area contributed by atoms with Crippen LogP contribution in [-0.4, -0.2) is 19.6 Å². The molecule has 102 valence electrons. The van der Waals surface area contributed by atoms with Gasteiger partial charge in [-0.15, -0.1) is 0 Å². The van der Waals surface area contributed by atoms with Crippen molar-refractivity contribution in [3.63, 3.8) is 0 Å². The third-order valence-corrected chi connectivity index (χ3v) is 3.64. The van der Waals surface area contributed by atoms with Gasteiger partial charge in [0.1, 0.15) is 17.1 Å². The lowest BCUT2D eigenvalue weighted by Gasteiger charge is -2.09. The van der Waals surface area contributed by atoms with Crippen molar-refractivity contribution < 1.29 is 5.11 Å². The molecular formula is C15H14BrN3O. The van der Waals surface area contributed by atoms with Gasteiger partial charge in [0.05, 0.1) is 5.56 Å². The third kappa shape index (κ3) is 2.18. The van der Waals surface area contributed by atoms with Gasteiger partial charge in [-0.25, -0.2) is 9.97 Å². The Hall–Kier alpha value is -1.88. The lowest BCUT2D eigenvalue weighted by atomic mass is 10.2. The van der Waals surface area contributed by atoms with Crippen molar-refractivity contribution >= 4 is 27.1 Å². The Morgan fingerprint density at radius 3 is 2.95 bits per heavy atom. The minimum atomic E-state index is 0.223. The van der Waals surface area contributed by atoms with Crippen LogP contribution in [0.25, 0.3) is 22.6 Å². The zero-order chi connectivity index (χ0) is 14.1. The third-order valence-electron chi connectivity index (χ3n) is 3.15. The first kappa shape index (κ1) is 13.1. The maximum atomic E-state index is 10.1. The van der Waals surface area contributed by atoms with E-state index in [0.29, 0.717) is 5.56 Å². The van der Waals surface area contributed by atoms with E-state index >= 15 is 0 Å². The standard InChI is InChI=1S/C15H14BrN3O/c1-2-8-19-14(11-9-10(16)5-6-13(11)20)18-12-4-3-7-17-15(12)19/h3-7,9,20H,2,8H2,1H3. The molecule has 0 aliphatic heterocycles. The summed E-state index contributed by atoms with van der Waals surface area (Å²) in [5, 5.41) is 10.1. The summed E-state index contributed by atoms with van der Waals surface area (Å²) >= 11 is 3.44. The van der Waals surface area contributed by atoms with Gasteiger partial charge >= 0.3 is 0 Å². The molecule has 0 atom stereocenters. The molecule has 0 aliphatic carbocycles. The summed E-state index contributed by atoms with van der Waals surface area (Å²) in [6.07, 6.45) is 2.74. The first-order valence-electron chi connectivity index (χ1n) is 6.51. The summed E-state index contributed by atoms with van der Waals surface area (Å²) in [7, 11) is 0. The summed E-state index contributed by atoms with van der Waals surface area (Å²) in [4.78, 5) is 9.03. The zero-order valence-electron chi connectivity index (χ0n) is 11.0. The van der Waals surface area contributed by atoms with E-state index in [1.807, 2.05) is 24.3 Å². The van der Waals surface area contributed by atoms with Gasteiger partial charge in [0.25, 0.3) is 0 Å². The maximum Gasteiger partial charge on any atom is 0.160 e. The number of hydrogen-bond acceptors (Lipinski definition) is 3. The van der Waals surface area contributed by atoms with Crippen LogP contribution in [0.1, 0.15) is 13.3 Å². The molecular weight excluding hydrogens is 318 g/mol. The molecule has 20 heavy (non-hydrogen) atoms. The predicted molar refractivity (Wildman–Crippen MR) is 82.6 cm³/mol. The van der Waals surface area contributed by atoms with E-state index in [-0.39, 0.29) is 5.75 Å². The predicted octanol–water partition coefficient (Wildman–Crippen LogP) is 3.98. The maximum absolute atomic E-state index is 10.1. The number of pyridine rings is 1. The Kier molecular flexibility index (Phi) is 3.44. The summed E-state index contributed by atoms with van der Waals surface area (Å²) < 4.78 is 2.96. The normalized spacial score (nSPS) is 11.1. The molecule has 0 spiro atoms. The summed E-state index contributed by atoms with van der Waals surface area (Å²) in [5.41, 5.74) is 2.41. The fourth-order valence-corrected chi connectivity index (χ4v) is 2.65. The van der Waals surface area contributed by atoms with Crippen LogP contribution in [0.5, 0.6) is 5.75 Å². The smallest absolute Gasteiger partial charge is 0.160 e. The van der Waals surface area contributed by atoms with Crippen LogP contribution in [0.2, 0.25) is 0 Å². The highest BCUT2D eigenvalue weighted by Gasteiger charge is 2.15. The highest BCUT2D eigenvalue weighted by molar-refractivity contribution is 9.10. The number of halogens is 1. The number of phenolic OH excluding ortho intramolecular Hbond substituents is 1. The molecule has 2 heterocycles. The second-order valence-corrected chi connectivity index (χ2v) is 5.51. The van der Waals surface area contributed by atoms with Crippen LogP contribution < -0.4 is 0 Å². The lowest BCUT2D eigenvalue weighted by molar-refractivity contribution is 0.476. The van der Waals surface area contributed by atoms with Gasteiger partial charge in [0.15, 0.2) is 5.65 Å². The average molecular weight is 332 g/mol. The van der Waals surface area contributed by atoms with Crippen molar-refractivity contribution in [2.45, 2.75) is 19.9 Å². The summed E-state index contributed by atoms with van der Waals surface area (Å²) in [6.45, 7) is 2.92. The van der Waals surface area contributed by atoms with Gasteiger partial charge in [-0.05, 0) is 36.8 Å². The molecule has 0 fully saturated rings. The van der Waals surface area contributed by atoms with Crippen LogP contribution in [0, 0.1) is 0 Å². The van der Waals surface area contributed by atoms with Crippen LogP contribution in [0.15, 0.2) is 41.0 Å². The minimum Gasteiger partial charge on any atom is -0.507 e. The van der Waals surface area contributed by atoms with E-state index in [1.54, 1.807) is 12.3 Å². The lowest BCUT2D eigenvalue weighted by Crippen LogP contribution is -2.01. The number of rotatable bonds is 3.